The van der Waals surface area contributed by atoms with Crippen LogP contribution in [0.1, 0.15) is 17.2 Å². The summed E-state index contributed by atoms with van der Waals surface area (Å²) < 4.78 is 23.7. The highest BCUT2D eigenvalue weighted by molar-refractivity contribution is 5.32. The third-order valence-corrected chi connectivity index (χ3v) is 2.67. The predicted molar refractivity (Wildman–Crippen MR) is 62.3 cm³/mol. The normalized spacial score (nSPS) is 12.4. The minimum atomic E-state index is -0.353. The largest absolute Gasteiger partial charge is 0.494 e. The number of rotatable bonds is 4. The number of furan rings is 1. The van der Waals surface area contributed by atoms with E-state index < -0.39 is 0 Å². The molecule has 0 radical (unpaired) electrons. The van der Waals surface area contributed by atoms with E-state index in [1.54, 1.807) is 36.8 Å². The summed E-state index contributed by atoms with van der Waals surface area (Å²) in [5.74, 6) is -0.115. The van der Waals surface area contributed by atoms with Crippen molar-refractivity contribution in [3.05, 3.63) is 53.7 Å². The quantitative estimate of drug-likeness (QED) is 0.886. The molecule has 1 aromatic carbocycles. The molecule has 2 N–H and O–H groups in total. The lowest BCUT2D eigenvalue weighted by Gasteiger charge is -2.11. The molecule has 4 heteroatoms. The van der Waals surface area contributed by atoms with Crippen LogP contribution >= 0.6 is 0 Å². The van der Waals surface area contributed by atoms with Gasteiger partial charge in [-0.05, 0) is 24.1 Å². The van der Waals surface area contributed by atoms with Crippen molar-refractivity contribution in [2.45, 2.75) is 12.5 Å². The molecule has 0 bridgehead atoms. The van der Waals surface area contributed by atoms with Crippen LogP contribution in [0.4, 0.5) is 4.39 Å². The maximum absolute atomic E-state index is 13.9. The first-order valence-corrected chi connectivity index (χ1v) is 5.31. The molecule has 0 aliphatic rings. The van der Waals surface area contributed by atoms with Gasteiger partial charge in [0, 0.05) is 11.6 Å². The highest BCUT2D eigenvalue weighted by atomic mass is 19.1. The molecular formula is C13H14FNO2. The number of hydrogen-bond acceptors (Lipinski definition) is 3. The van der Waals surface area contributed by atoms with E-state index in [9.17, 15) is 4.39 Å². The van der Waals surface area contributed by atoms with Gasteiger partial charge in [-0.3, -0.25) is 0 Å². The van der Waals surface area contributed by atoms with Crippen LogP contribution in [0.2, 0.25) is 0 Å². The Labute approximate surface area is 99.0 Å². The van der Waals surface area contributed by atoms with E-state index in [2.05, 4.69) is 0 Å². The molecule has 0 fully saturated rings. The summed E-state index contributed by atoms with van der Waals surface area (Å²) in [6.45, 7) is 0. The third-order valence-electron chi connectivity index (χ3n) is 2.67. The monoisotopic (exact) mass is 235 g/mol. The number of ether oxygens (including phenoxy) is 1. The third kappa shape index (κ3) is 2.47. The SMILES string of the molecule is COc1cccc(CC(N)c2ccoc2)c1F. The second-order valence-electron chi connectivity index (χ2n) is 3.80. The second-order valence-corrected chi connectivity index (χ2v) is 3.80. The predicted octanol–water partition coefficient (Wildman–Crippen LogP) is 2.67. The van der Waals surface area contributed by atoms with Gasteiger partial charge in [-0.15, -0.1) is 0 Å². The molecule has 3 nitrogen and oxygen atoms in total. The van der Waals surface area contributed by atoms with Crippen molar-refractivity contribution in [2.24, 2.45) is 5.73 Å². The Hall–Kier alpha value is -1.81. The van der Waals surface area contributed by atoms with Crippen molar-refractivity contribution in [3.8, 4) is 5.75 Å². The molecule has 0 saturated carbocycles. The van der Waals surface area contributed by atoms with Gasteiger partial charge in [0.05, 0.1) is 19.6 Å². The smallest absolute Gasteiger partial charge is 0.168 e. The van der Waals surface area contributed by atoms with Gasteiger partial charge in [-0.1, -0.05) is 12.1 Å². The average Bonchev–Trinajstić information content (AvgIpc) is 2.85. The van der Waals surface area contributed by atoms with E-state index in [0.717, 1.165) is 5.56 Å². The van der Waals surface area contributed by atoms with Crippen LogP contribution in [-0.4, -0.2) is 7.11 Å². The molecule has 1 heterocycles. The Bertz CT molecular complexity index is 482. The molecule has 90 valence electrons. The summed E-state index contributed by atoms with van der Waals surface area (Å²) in [5.41, 5.74) is 7.36. The van der Waals surface area contributed by atoms with Crippen molar-refractivity contribution >= 4 is 0 Å². The molecule has 0 aliphatic heterocycles. The minimum Gasteiger partial charge on any atom is -0.494 e. The summed E-state index contributed by atoms with van der Waals surface area (Å²) in [6, 6.07) is 6.54. The molecule has 17 heavy (non-hydrogen) atoms. The van der Waals surface area contributed by atoms with Crippen molar-refractivity contribution in [3.63, 3.8) is 0 Å². The Morgan fingerprint density at radius 2 is 2.24 bits per heavy atom. The van der Waals surface area contributed by atoms with Gasteiger partial charge in [0.2, 0.25) is 0 Å². The van der Waals surface area contributed by atoms with Crippen LogP contribution in [0.5, 0.6) is 5.75 Å². The molecule has 2 rings (SSSR count). The van der Waals surface area contributed by atoms with E-state index in [0.29, 0.717) is 12.0 Å². The molecule has 0 aliphatic carbocycles. The zero-order valence-electron chi connectivity index (χ0n) is 9.52. The van der Waals surface area contributed by atoms with Gasteiger partial charge >= 0.3 is 0 Å². The molecule has 1 atom stereocenters. The first-order chi connectivity index (χ1) is 8.22. The number of hydrogen-bond donors (Lipinski definition) is 1. The number of methoxy groups -OCH3 is 1. The summed E-state index contributed by atoms with van der Waals surface area (Å²) in [6.07, 6.45) is 3.53. The fourth-order valence-electron chi connectivity index (χ4n) is 1.71. The van der Waals surface area contributed by atoms with Crippen LogP contribution in [-0.2, 0) is 6.42 Å². The van der Waals surface area contributed by atoms with Crippen LogP contribution in [0.25, 0.3) is 0 Å². The highest BCUT2D eigenvalue weighted by Gasteiger charge is 2.13. The molecular weight excluding hydrogens is 221 g/mol. The van der Waals surface area contributed by atoms with Gasteiger partial charge < -0.3 is 14.9 Å². The lowest BCUT2D eigenvalue weighted by atomic mass is 10.0. The molecule has 0 spiro atoms. The topological polar surface area (TPSA) is 48.4 Å². The van der Waals surface area contributed by atoms with Gasteiger partial charge in [0.1, 0.15) is 0 Å². The Morgan fingerprint density at radius 3 is 2.88 bits per heavy atom. The highest BCUT2D eigenvalue weighted by Crippen LogP contribution is 2.24. The Balaban J connectivity index is 2.19. The lowest BCUT2D eigenvalue weighted by Crippen LogP contribution is -2.13. The second kappa shape index (κ2) is 5.01. The number of benzene rings is 1. The standard InChI is InChI=1S/C13H14FNO2/c1-16-12-4-2-3-9(13(12)14)7-11(15)10-5-6-17-8-10/h2-6,8,11H,7,15H2,1H3. The van der Waals surface area contributed by atoms with Crippen molar-refractivity contribution in [1.29, 1.82) is 0 Å². The van der Waals surface area contributed by atoms with Crippen LogP contribution < -0.4 is 10.5 Å². The summed E-state index contributed by atoms with van der Waals surface area (Å²) >= 11 is 0. The average molecular weight is 235 g/mol. The fraction of sp³-hybridized carbons (Fsp3) is 0.231. The van der Waals surface area contributed by atoms with Gasteiger partial charge in [-0.25, -0.2) is 4.39 Å². The van der Waals surface area contributed by atoms with Gasteiger partial charge in [0.25, 0.3) is 0 Å². The molecule has 1 unspecified atom stereocenters. The molecule has 2 aromatic rings. The van der Waals surface area contributed by atoms with Crippen molar-refractivity contribution < 1.29 is 13.5 Å². The number of nitrogens with two attached hydrogens (primary N) is 1. The van der Waals surface area contributed by atoms with Crippen LogP contribution in [0, 0.1) is 5.82 Å². The molecule has 0 saturated heterocycles. The van der Waals surface area contributed by atoms with Gasteiger partial charge in [0.15, 0.2) is 11.6 Å². The van der Waals surface area contributed by atoms with Gasteiger partial charge in [-0.2, -0.15) is 0 Å². The van der Waals surface area contributed by atoms with Crippen LogP contribution in [0.15, 0.2) is 41.2 Å². The Morgan fingerprint density at radius 1 is 1.41 bits per heavy atom. The van der Waals surface area contributed by atoms with E-state index in [4.69, 9.17) is 14.9 Å². The van der Waals surface area contributed by atoms with E-state index in [1.807, 2.05) is 0 Å². The van der Waals surface area contributed by atoms with Crippen molar-refractivity contribution in [1.82, 2.24) is 0 Å². The maximum Gasteiger partial charge on any atom is 0.168 e. The first kappa shape index (κ1) is 11.7. The van der Waals surface area contributed by atoms with E-state index in [-0.39, 0.29) is 17.6 Å². The molecule has 1 aromatic heterocycles. The zero-order valence-corrected chi connectivity index (χ0v) is 9.52. The van der Waals surface area contributed by atoms with Crippen LogP contribution in [0.3, 0.4) is 0 Å². The summed E-state index contributed by atoms with van der Waals surface area (Å²) in [5, 5.41) is 0. The Kier molecular flexibility index (Phi) is 3.44. The first-order valence-electron chi connectivity index (χ1n) is 5.31. The lowest BCUT2D eigenvalue weighted by molar-refractivity contribution is 0.383. The van der Waals surface area contributed by atoms with E-state index in [1.165, 1.54) is 7.11 Å². The van der Waals surface area contributed by atoms with Crippen molar-refractivity contribution in [2.75, 3.05) is 7.11 Å². The van der Waals surface area contributed by atoms with E-state index >= 15 is 0 Å². The maximum atomic E-state index is 13.9. The number of halogens is 1. The zero-order chi connectivity index (χ0) is 12.3. The minimum absolute atomic E-state index is 0.238. The summed E-state index contributed by atoms with van der Waals surface area (Å²) in [4.78, 5) is 0. The molecule has 0 amide bonds. The summed E-state index contributed by atoms with van der Waals surface area (Å²) in [7, 11) is 1.44. The fourth-order valence-corrected chi connectivity index (χ4v) is 1.71.